The van der Waals surface area contributed by atoms with Gasteiger partial charge in [0, 0.05) is 10.7 Å². The second-order valence-corrected chi connectivity index (χ2v) is 5.49. The maximum Gasteiger partial charge on any atom is 0.0811 e. The highest BCUT2D eigenvalue weighted by Crippen LogP contribution is 2.29. The van der Waals surface area contributed by atoms with Crippen molar-refractivity contribution in [3.63, 3.8) is 0 Å². The number of hydrogen-bond donors (Lipinski definition) is 0. The van der Waals surface area contributed by atoms with Crippen molar-refractivity contribution in [3.8, 4) is 0 Å². The number of halogens is 1. The fourth-order valence-corrected chi connectivity index (χ4v) is 2.62. The van der Waals surface area contributed by atoms with Crippen molar-refractivity contribution in [3.05, 3.63) is 46.2 Å². The van der Waals surface area contributed by atoms with E-state index in [1.807, 2.05) is 10.9 Å². The van der Waals surface area contributed by atoms with Crippen molar-refractivity contribution < 1.29 is 0 Å². The van der Waals surface area contributed by atoms with Crippen molar-refractivity contribution in [1.29, 1.82) is 0 Å². The molecule has 90 valence electrons. The van der Waals surface area contributed by atoms with Gasteiger partial charge >= 0.3 is 0 Å². The first-order valence-electron chi connectivity index (χ1n) is 5.71. The van der Waals surface area contributed by atoms with Crippen LogP contribution in [0.25, 0.3) is 0 Å². The summed E-state index contributed by atoms with van der Waals surface area (Å²) in [5.41, 5.74) is 2.57. The first-order chi connectivity index (χ1) is 8.09. The van der Waals surface area contributed by atoms with Gasteiger partial charge in [-0.25, -0.2) is 4.68 Å². The Hall–Kier alpha value is -1.16. The van der Waals surface area contributed by atoms with Crippen LogP contribution in [0.5, 0.6) is 0 Å². The Morgan fingerprint density at radius 1 is 1.29 bits per heavy atom. The van der Waals surface area contributed by atoms with E-state index in [2.05, 4.69) is 65.2 Å². The molecule has 0 spiro atoms. The summed E-state index contributed by atoms with van der Waals surface area (Å²) in [5, 5.41) is 8.03. The molecule has 0 aliphatic rings. The van der Waals surface area contributed by atoms with Crippen molar-refractivity contribution in [2.75, 3.05) is 0 Å². The molecule has 1 aromatic carbocycles. The Labute approximate surface area is 110 Å². The highest BCUT2D eigenvalue weighted by Gasteiger charge is 2.20. The largest absolute Gasteiger partial charge is 0.245 e. The zero-order valence-electron chi connectivity index (χ0n) is 10.3. The molecule has 0 saturated heterocycles. The van der Waals surface area contributed by atoms with E-state index in [4.69, 9.17) is 0 Å². The lowest BCUT2D eigenvalue weighted by Gasteiger charge is -2.23. The second-order valence-electron chi connectivity index (χ2n) is 4.57. The van der Waals surface area contributed by atoms with Gasteiger partial charge in [-0.3, -0.25) is 0 Å². The summed E-state index contributed by atoms with van der Waals surface area (Å²) < 4.78 is 3.04. The highest BCUT2D eigenvalue weighted by molar-refractivity contribution is 9.10. The molecule has 0 saturated carbocycles. The molecule has 0 bridgehead atoms. The van der Waals surface area contributed by atoms with Crippen LogP contribution < -0.4 is 0 Å². The number of hydrogen-bond acceptors (Lipinski definition) is 2. The van der Waals surface area contributed by atoms with Gasteiger partial charge in [0.15, 0.2) is 0 Å². The van der Waals surface area contributed by atoms with E-state index in [1.54, 1.807) is 6.20 Å². The van der Waals surface area contributed by atoms with E-state index in [-0.39, 0.29) is 6.04 Å². The van der Waals surface area contributed by atoms with Crippen LogP contribution in [0.3, 0.4) is 0 Å². The lowest BCUT2D eigenvalue weighted by molar-refractivity contribution is 0.393. The van der Waals surface area contributed by atoms with Crippen LogP contribution >= 0.6 is 15.9 Å². The molecule has 3 nitrogen and oxygen atoms in total. The molecule has 1 heterocycles. The molecule has 17 heavy (non-hydrogen) atoms. The average molecular weight is 294 g/mol. The first kappa shape index (κ1) is 12.3. The van der Waals surface area contributed by atoms with Crippen LogP contribution in [0, 0.1) is 12.8 Å². The maximum atomic E-state index is 4.13. The summed E-state index contributed by atoms with van der Waals surface area (Å²) in [6.45, 7) is 6.54. The fourth-order valence-electron chi connectivity index (χ4n) is 2.14. The quantitative estimate of drug-likeness (QED) is 0.866. The molecule has 0 amide bonds. The minimum Gasteiger partial charge on any atom is -0.245 e. The topological polar surface area (TPSA) is 30.7 Å². The van der Waals surface area contributed by atoms with E-state index < -0.39 is 0 Å². The van der Waals surface area contributed by atoms with Gasteiger partial charge in [0.1, 0.15) is 0 Å². The zero-order chi connectivity index (χ0) is 12.4. The molecule has 0 aliphatic heterocycles. The van der Waals surface area contributed by atoms with Gasteiger partial charge in [-0.1, -0.05) is 41.1 Å². The van der Waals surface area contributed by atoms with Crippen molar-refractivity contribution in [1.82, 2.24) is 15.0 Å². The number of aryl methyl sites for hydroxylation is 1. The first-order valence-corrected chi connectivity index (χ1v) is 6.50. The molecule has 0 radical (unpaired) electrons. The third-order valence-electron chi connectivity index (χ3n) is 2.91. The standard InChI is InChI=1S/C13H16BrN3/c1-9(2)13(17-7-6-15-16-17)12-5-4-11(14)8-10(12)3/h4-9,13H,1-3H3. The summed E-state index contributed by atoms with van der Waals surface area (Å²) in [5.74, 6) is 0.469. The summed E-state index contributed by atoms with van der Waals surface area (Å²) in [6.07, 6.45) is 3.65. The Balaban J connectivity index is 2.47. The molecule has 2 rings (SSSR count). The molecule has 0 aliphatic carbocycles. The van der Waals surface area contributed by atoms with Crippen molar-refractivity contribution in [2.24, 2.45) is 5.92 Å². The van der Waals surface area contributed by atoms with Gasteiger partial charge in [-0.2, -0.15) is 0 Å². The summed E-state index contributed by atoms with van der Waals surface area (Å²) in [7, 11) is 0. The smallest absolute Gasteiger partial charge is 0.0811 e. The summed E-state index contributed by atoms with van der Waals surface area (Å²) in [4.78, 5) is 0. The van der Waals surface area contributed by atoms with Crippen molar-refractivity contribution in [2.45, 2.75) is 26.8 Å². The minimum absolute atomic E-state index is 0.241. The average Bonchev–Trinajstić information content (AvgIpc) is 2.74. The van der Waals surface area contributed by atoms with Gasteiger partial charge in [-0.15, -0.1) is 5.10 Å². The van der Waals surface area contributed by atoms with E-state index in [9.17, 15) is 0 Å². The van der Waals surface area contributed by atoms with Crippen molar-refractivity contribution >= 4 is 15.9 Å². The van der Waals surface area contributed by atoms with Crippen LogP contribution in [0.15, 0.2) is 35.1 Å². The Morgan fingerprint density at radius 3 is 2.59 bits per heavy atom. The number of rotatable bonds is 3. The second kappa shape index (κ2) is 5.00. The molecule has 0 N–H and O–H groups in total. The molecule has 1 aromatic heterocycles. The number of aromatic nitrogens is 3. The van der Waals surface area contributed by atoms with Gasteiger partial charge in [0.2, 0.25) is 0 Å². The molecule has 2 aromatic rings. The Bertz CT molecular complexity index is 491. The van der Waals surface area contributed by atoms with E-state index in [0.717, 1.165) is 4.47 Å². The Morgan fingerprint density at radius 2 is 2.06 bits per heavy atom. The molecule has 1 atom stereocenters. The summed E-state index contributed by atoms with van der Waals surface area (Å²) in [6, 6.07) is 6.62. The fraction of sp³-hybridized carbons (Fsp3) is 0.385. The van der Waals surface area contributed by atoms with Crippen LogP contribution in [-0.4, -0.2) is 15.0 Å². The predicted molar refractivity (Wildman–Crippen MR) is 71.9 cm³/mol. The third-order valence-corrected chi connectivity index (χ3v) is 3.40. The lowest BCUT2D eigenvalue weighted by Crippen LogP contribution is -2.18. The van der Waals surface area contributed by atoms with Gasteiger partial charge in [-0.05, 0) is 36.1 Å². The van der Waals surface area contributed by atoms with Crippen LogP contribution in [0.2, 0.25) is 0 Å². The molecule has 4 heteroatoms. The highest BCUT2D eigenvalue weighted by atomic mass is 79.9. The minimum atomic E-state index is 0.241. The van der Waals surface area contributed by atoms with Gasteiger partial charge in [0.25, 0.3) is 0 Å². The Kier molecular flexibility index (Phi) is 3.62. The van der Waals surface area contributed by atoms with E-state index in [1.165, 1.54) is 11.1 Å². The predicted octanol–water partition coefficient (Wildman–Crippen LogP) is 3.59. The molecular formula is C13H16BrN3. The number of nitrogens with zero attached hydrogens (tertiary/aromatic N) is 3. The monoisotopic (exact) mass is 293 g/mol. The van der Waals surface area contributed by atoms with E-state index in [0.29, 0.717) is 5.92 Å². The van der Waals surface area contributed by atoms with Gasteiger partial charge < -0.3 is 0 Å². The SMILES string of the molecule is Cc1cc(Br)ccc1C(C(C)C)n1ccnn1. The maximum absolute atomic E-state index is 4.13. The summed E-state index contributed by atoms with van der Waals surface area (Å²) >= 11 is 3.50. The van der Waals surface area contributed by atoms with Crippen LogP contribution in [0.1, 0.15) is 31.0 Å². The normalized spacial score (nSPS) is 13.0. The number of benzene rings is 1. The molecular weight excluding hydrogens is 278 g/mol. The van der Waals surface area contributed by atoms with Crippen LogP contribution in [0.4, 0.5) is 0 Å². The third kappa shape index (κ3) is 2.57. The van der Waals surface area contributed by atoms with Gasteiger partial charge in [0.05, 0.1) is 12.2 Å². The zero-order valence-corrected chi connectivity index (χ0v) is 11.8. The van der Waals surface area contributed by atoms with E-state index >= 15 is 0 Å². The lowest BCUT2D eigenvalue weighted by atomic mass is 9.93. The van der Waals surface area contributed by atoms with Crippen LogP contribution in [-0.2, 0) is 0 Å². The molecule has 0 fully saturated rings. The molecule has 1 unspecified atom stereocenters.